The van der Waals surface area contributed by atoms with E-state index in [-0.39, 0.29) is 11.8 Å². The van der Waals surface area contributed by atoms with Crippen LogP contribution in [0.3, 0.4) is 0 Å². The molecule has 1 aliphatic heterocycles. The summed E-state index contributed by atoms with van der Waals surface area (Å²) in [7, 11) is 0. The first-order chi connectivity index (χ1) is 10.5. The SMILES string of the molecule is CCC(O)CN1CCN(Cc2cc([N+](=O)[O-])ccc2Cl)CC1. The number of nitrogens with zero attached hydrogens (tertiary/aromatic N) is 3. The zero-order chi connectivity index (χ0) is 16.1. The number of non-ortho nitro benzene ring substituents is 1. The van der Waals surface area contributed by atoms with Crippen molar-refractivity contribution in [3.05, 3.63) is 38.9 Å². The summed E-state index contributed by atoms with van der Waals surface area (Å²) in [5.74, 6) is 0. The van der Waals surface area contributed by atoms with E-state index in [1.165, 1.54) is 6.07 Å². The highest BCUT2D eigenvalue weighted by Gasteiger charge is 2.20. The summed E-state index contributed by atoms with van der Waals surface area (Å²) in [5.41, 5.74) is 0.863. The second kappa shape index (κ2) is 7.87. The molecular weight excluding hydrogens is 306 g/mol. The van der Waals surface area contributed by atoms with Gasteiger partial charge >= 0.3 is 0 Å². The maximum absolute atomic E-state index is 10.8. The minimum atomic E-state index is -0.399. The lowest BCUT2D eigenvalue weighted by molar-refractivity contribution is -0.384. The Labute approximate surface area is 135 Å². The molecule has 1 fully saturated rings. The molecular formula is C15H22ClN3O3. The highest BCUT2D eigenvalue weighted by atomic mass is 35.5. The number of piperazine rings is 1. The molecule has 1 atom stereocenters. The van der Waals surface area contributed by atoms with Crippen LogP contribution >= 0.6 is 11.6 Å². The van der Waals surface area contributed by atoms with Gasteiger partial charge in [0.15, 0.2) is 0 Å². The number of hydrogen-bond acceptors (Lipinski definition) is 5. The van der Waals surface area contributed by atoms with Crippen LogP contribution < -0.4 is 0 Å². The molecule has 22 heavy (non-hydrogen) atoms. The highest BCUT2D eigenvalue weighted by Crippen LogP contribution is 2.23. The topological polar surface area (TPSA) is 69.8 Å². The monoisotopic (exact) mass is 327 g/mol. The largest absolute Gasteiger partial charge is 0.392 e. The van der Waals surface area contributed by atoms with E-state index < -0.39 is 4.92 Å². The number of nitro benzene ring substituents is 1. The van der Waals surface area contributed by atoms with Crippen LogP contribution in [-0.2, 0) is 6.54 Å². The standard InChI is InChI=1S/C15H22ClN3O3/c1-2-14(20)11-18-7-5-17(6-8-18)10-12-9-13(19(21)22)3-4-15(12)16/h3-4,9,14,20H,2,5-8,10-11H2,1H3. The van der Waals surface area contributed by atoms with Gasteiger partial charge in [0.1, 0.15) is 0 Å². The molecule has 0 radical (unpaired) electrons. The van der Waals surface area contributed by atoms with Gasteiger partial charge in [0.2, 0.25) is 0 Å². The van der Waals surface area contributed by atoms with Crippen LogP contribution in [0.4, 0.5) is 5.69 Å². The lowest BCUT2D eigenvalue weighted by Gasteiger charge is -2.35. The highest BCUT2D eigenvalue weighted by molar-refractivity contribution is 6.31. The third-order valence-electron chi connectivity index (χ3n) is 4.04. The molecule has 0 aromatic heterocycles. The van der Waals surface area contributed by atoms with Crippen molar-refractivity contribution in [1.29, 1.82) is 0 Å². The van der Waals surface area contributed by atoms with Gasteiger partial charge < -0.3 is 5.11 Å². The first-order valence-electron chi connectivity index (χ1n) is 7.55. The normalized spacial score (nSPS) is 18.3. The fourth-order valence-electron chi connectivity index (χ4n) is 2.59. The second-order valence-electron chi connectivity index (χ2n) is 5.67. The Morgan fingerprint density at radius 3 is 2.55 bits per heavy atom. The summed E-state index contributed by atoms with van der Waals surface area (Å²) in [6.45, 7) is 6.83. The van der Waals surface area contributed by atoms with E-state index in [0.717, 1.165) is 38.2 Å². The number of halogens is 1. The number of benzene rings is 1. The lowest BCUT2D eigenvalue weighted by atomic mass is 10.1. The Morgan fingerprint density at radius 2 is 1.95 bits per heavy atom. The number of aliphatic hydroxyl groups excluding tert-OH is 1. The van der Waals surface area contributed by atoms with Crippen molar-refractivity contribution in [2.24, 2.45) is 0 Å². The zero-order valence-electron chi connectivity index (χ0n) is 12.7. The van der Waals surface area contributed by atoms with Crippen molar-refractivity contribution in [1.82, 2.24) is 9.80 Å². The number of β-amino-alcohol motifs (C(OH)–C–C–N with tert-alkyl or cyclic N) is 1. The molecule has 0 amide bonds. The predicted octanol–water partition coefficient (Wildman–Crippen LogP) is 2.14. The van der Waals surface area contributed by atoms with E-state index in [9.17, 15) is 15.2 Å². The van der Waals surface area contributed by atoms with Crippen molar-refractivity contribution in [2.45, 2.75) is 26.0 Å². The molecule has 1 aliphatic rings. The van der Waals surface area contributed by atoms with E-state index in [2.05, 4.69) is 9.80 Å². The molecule has 1 heterocycles. The van der Waals surface area contributed by atoms with Crippen molar-refractivity contribution in [2.75, 3.05) is 32.7 Å². The average molecular weight is 328 g/mol. The van der Waals surface area contributed by atoms with Gasteiger partial charge in [-0.1, -0.05) is 18.5 Å². The number of rotatable bonds is 6. The molecule has 1 aromatic rings. The summed E-state index contributed by atoms with van der Waals surface area (Å²) in [6.07, 6.45) is 0.501. The quantitative estimate of drug-likeness (QED) is 0.640. The maximum Gasteiger partial charge on any atom is 0.269 e. The first kappa shape index (κ1) is 17.1. The molecule has 122 valence electrons. The lowest BCUT2D eigenvalue weighted by Crippen LogP contribution is -2.48. The number of aliphatic hydroxyl groups is 1. The molecule has 0 aliphatic carbocycles. The third-order valence-corrected chi connectivity index (χ3v) is 4.41. The van der Waals surface area contributed by atoms with Gasteiger partial charge in [-0.2, -0.15) is 0 Å². The van der Waals surface area contributed by atoms with Crippen LogP contribution in [0.25, 0.3) is 0 Å². The summed E-state index contributed by atoms with van der Waals surface area (Å²) in [5, 5.41) is 21.1. The average Bonchev–Trinajstić information content (AvgIpc) is 2.51. The molecule has 0 saturated carbocycles. The van der Waals surface area contributed by atoms with Crippen LogP contribution in [0.15, 0.2) is 18.2 Å². The van der Waals surface area contributed by atoms with E-state index in [0.29, 0.717) is 18.1 Å². The van der Waals surface area contributed by atoms with Gasteiger partial charge in [-0.25, -0.2) is 0 Å². The first-order valence-corrected chi connectivity index (χ1v) is 7.93. The van der Waals surface area contributed by atoms with E-state index in [4.69, 9.17) is 11.6 Å². The molecule has 1 unspecified atom stereocenters. The minimum absolute atomic E-state index is 0.0732. The minimum Gasteiger partial charge on any atom is -0.392 e. The van der Waals surface area contributed by atoms with Gasteiger partial charge in [0.05, 0.1) is 11.0 Å². The van der Waals surface area contributed by atoms with Gasteiger partial charge in [0.25, 0.3) is 5.69 Å². The van der Waals surface area contributed by atoms with E-state index >= 15 is 0 Å². The molecule has 1 aromatic carbocycles. The summed E-state index contributed by atoms with van der Waals surface area (Å²) >= 11 is 6.14. The van der Waals surface area contributed by atoms with Crippen LogP contribution in [0.2, 0.25) is 5.02 Å². The van der Waals surface area contributed by atoms with Crippen molar-refractivity contribution in [3.8, 4) is 0 Å². The Morgan fingerprint density at radius 1 is 1.32 bits per heavy atom. The molecule has 0 bridgehead atoms. The van der Waals surface area contributed by atoms with E-state index in [1.54, 1.807) is 12.1 Å². The van der Waals surface area contributed by atoms with Gasteiger partial charge in [-0.15, -0.1) is 0 Å². The van der Waals surface area contributed by atoms with Gasteiger partial charge in [-0.3, -0.25) is 19.9 Å². The number of hydrogen-bond donors (Lipinski definition) is 1. The molecule has 1 saturated heterocycles. The predicted molar refractivity (Wildman–Crippen MR) is 86.1 cm³/mol. The molecule has 1 N–H and O–H groups in total. The summed E-state index contributed by atoms with van der Waals surface area (Å²) in [4.78, 5) is 14.9. The molecule has 7 heteroatoms. The smallest absolute Gasteiger partial charge is 0.269 e. The molecule has 0 spiro atoms. The van der Waals surface area contributed by atoms with Crippen LogP contribution in [-0.4, -0.2) is 58.7 Å². The summed E-state index contributed by atoms with van der Waals surface area (Å²) in [6, 6.07) is 4.56. The fourth-order valence-corrected chi connectivity index (χ4v) is 2.77. The van der Waals surface area contributed by atoms with E-state index in [1.807, 2.05) is 6.92 Å². The molecule has 2 rings (SSSR count). The number of nitro groups is 1. The zero-order valence-corrected chi connectivity index (χ0v) is 13.5. The van der Waals surface area contributed by atoms with Crippen LogP contribution in [0.5, 0.6) is 0 Å². The Bertz CT molecular complexity index is 519. The van der Waals surface area contributed by atoms with Gasteiger partial charge in [0, 0.05) is 56.4 Å². The summed E-state index contributed by atoms with van der Waals surface area (Å²) < 4.78 is 0. The fraction of sp³-hybridized carbons (Fsp3) is 0.600. The van der Waals surface area contributed by atoms with Crippen LogP contribution in [0.1, 0.15) is 18.9 Å². The maximum atomic E-state index is 10.8. The van der Waals surface area contributed by atoms with Crippen molar-refractivity contribution in [3.63, 3.8) is 0 Å². The molecule has 6 nitrogen and oxygen atoms in total. The third kappa shape index (κ3) is 4.64. The van der Waals surface area contributed by atoms with Crippen molar-refractivity contribution >= 4 is 17.3 Å². The Hall–Kier alpha value is -1.21. The Balaban J connectivity index is 1.91. The van der Waals surface area contributed by atoms with Crippen LogP contribution in [0, 0.1) is 10.1 Å². The Kier molecular flexibility index (Phi) is 6.14. The van der Waals surface area contributed by atoms with Gasteiger partial charge in [-0.05, 0) is 18.1 Å². The van der Waals surface area contributed by atoms with Crippen molar-refractivity contribution < 1.29 is 10.0 Å². The second-order valence-corrected chi connectivity index (χ2v) is 6.08.